The van der Waals surface area contributed by atoms with E-state index in [2.05, 4.69) is 30.4 Å². The van der Waals surface area contributed by atoms with Crippen LogP contribution in [0.25, 0.3) is 16.9 Å². The van der Waals surface area contributed by atoms with E-state index in [1.54, 1.807) is 11.6 Å². The number of carbonyl (C=O) groups excluding carboxylic acids is 2. The lowest BCUT2D eigenvalue weighted by Crippen LogP contribution is -2.25. The first kappa shape index (κ1) is 23.7. The first-order chi connectivity index (χ1) is 16.8. The van der Waals surface area contributed by atoms with Crippen LogP contribution in [0.1, 0.15) is 50.8 Å². The summed E-state index contributed by atoms with van der Waals surface area (Å²) in [6.45, 7) is 5.67. The van der Waals surface area contributed by atoms with Gasteiger partial charge >= 0.3 is 0 Å². The van der Waals surface area contributed by atoms with Crippen LogP contribution in [0.2, 0.25) is 0 Å². The Bertz CT molecular complexity index is 1340. The van der Waals surface area contributed by atoms with Crippen LogP contribution < -0.4 is 11.1 Å². The minimum absolute atomic E-state index is 0.0597. The third-order valence-corrected chi connectivity index (χ3v) is 5.30. The predicted molar refractivity (Wildman–Crippen MR) is 130 cm³/mol. The second-order valence-electron chi connectivity index (χ2n) is 8.36. The van der Waals surface area contributed by atoms with Crippen molar-refractivity contribution in [2.75, 3.05) is 0 Å². The van der Waals surface area contributed by atoms with Gasteiger partial charge in [-0.1, -0.05) is 6.07 Å². The van der Waals surface area contributed by atoms with Gasteiger partial charge in [0, 0.05) is 29.6 Å². The van der Waals surface area contributed by atoms with Gasteiger partial charge in [0.2, 0.25) is 0 Å². The van der Waals surface area contributed by atoms with E-state index in [0.717, 1.165) is 46.9 Å². The third kappa shape index (κ3) is 6.11. The fourth-order valence-electron chi connectivity index (χ4n) is 3.22. The van der Waals surface area contributed by atoms with Crippen LogP contribution in [0.5, 0.6) is 0 Å². The monoisotopic (exact) mass is 470 g/mol. The molecule has 0 aliphatic heterocycles. The molecule has 5 rings (SSSR count). The number of aryl methyl sites for hydroxylation is 3. The first-order valence-electron chi connectivity index (χ1n) is 11.1. The highest BCUT2D eigenvalue weighted by atomic mass is 16.2. The Morgan fingerprint density at radius 2 is 1.77 bits per heavy atom. The van der Waals surface area contributed by atoms with E-state index >= 15 is 0 Å². The van der Waals surface area contributed by atoms with E-state index < -0.39 is 5.91 Å². The average Bonchev–Trinajstić information content (AvgIpc) is 3.56. The summed E-state index contributed by atoms with van der Waals surface area (Å²) < 4.78 is 1.73. The number of carbonyl (C=O) groups is 2. The van der Waals surface area contributed by atoms with Gasteiger partial charge in [0.25, 0.3) is 11.8 Å². The molecule has 0 bridgehead atoms. The zero-order valence-corrected chi connectivity index (χ0v) is 19.8. The van der Waals surface area contributed by atoms with Gasteiger partial charge in [-0.3, -0.25) is 19.6 Å². The Morgan fingerprint density at radius 1 is 0.971 bits per heavy atom. The Hall–Kier alpha value is -4.47. The number of nitrogens with two attached hydrogens (primary N) is 1. The molecule has 4 aromatic rings. The smallest absolute Gasteiger partial charge is 0.268 e. The highest BCUT2D eigenvalue weighted by molar-refractivity contribution is 5.96. The molecule has 0 spiro atoms. The molecule has 1 saturated carbocycles. The van der Waals surface area contributed by atoms with Crippen LogP contribution >= 0.6 is 0 Å². The summed E-state index contributed by atoms with van der Waals surface area (Å²) in [6, 6.07) is 9.99. The lowest BCUT2D eigenvalue weighted by Gasteiger charge is -2.11. The molecule has 1 aliphatic rings. The molecule has 2 amide bonds. The average molecular weight is 471 g/mol. The number of benzene rings is 1. The molecule has 3 N–H and O–H groups in total. The van der Waals surface area contributed by atoms with Crippen molar-refractivity contribution in [1.82, 2.24) is 35.0 Å². The van der Waals surface area contributed by atoms with Gasteiger partial charge in [0.15, 0.2) is 0 Å². The lowest BCUT2D eigenvalue weighted by molar-refractivity contribution is 0.0949. The number of aromatic nitrogens is 6. The number of pyridine rings is 1. The molecule has 1 fully saturated rings. The summed E-state index contributed by atoms with van der Waals surface area (Å²) in [4.78, 5) is 39.2. The summed E-state index contributed by atoms with van der Waals surface area (Å²) >= 11 is 0. The molecule has 10 nitrogen and oxygen atoms in total. The van der Waals surface area contributed by atoms with E-state index in [0.29, 0.717) is 11.6 Å². The maximum atomic E-state index is 12.6. The van der Waals surface area contributed by atoms with Crippen molar-refractivity contribution >= 4 is 11.8 Å². The zero-order chi connectivity index (χ0) is 24.9. The number of nitrogens with zero attached hydrogens (tertiary/aromatic N) is 6. The molecule has 3 heterocycles. The molecule has 1 aromatic carbocycles. The number of hydrogen-bond donors (Lipinski definition) is 2. The van der Waals surface area contributed by atoms with Crippen molar-refractivity contribution in [3.8, 4) is 16.9 Å². The van der Waals surface area contributed by atoms with E-state index in [1.165, 1.54) is 18.7 Å². The normalized spacial score (nSPS) is 12.4. The molecular weight excluding hydrogens is 444 g/mol. The summed E-state index contributed by atoms with van der Waals surface area (Å²) in [7, 11) is 0. The van der Waals surface area contributed by atoms with Crippen LogP contribution in [0.4, 0.5) is 0 Å². The fraction of sp³-hybridized carbons (Fsp3) is 0.240. The van der Waals surface area contributed by atoms with Crippen LogP contribution in [0.15, 0.2) is 55.2 Å². The highest BCUT2D eigenvalue weighted by Crippen LogP contribution is 2.25. The topological polar surface area (TPSA) is 142 Å². The molecule has 1 aliphatic carbocycles. The van der Waals surface area contributed by atoms with Gasteiger partial charge < -0.3 is 11.1 Å². The van der Waals surface area contributed by atoms with E-state index in [9.17, 15) is 9.59 Å². The molecule has 0 unspecified atom stereocenters. The SMILES string of the molecule is Cc1ccc(-c2cc(C(=O)NC3CC3)cc(-n3ncnc3C)c2)nc1.Cc1cnc(C(N)=O)cn1. The molecular formula is C25H26N8O2. The van der Waals surface area contributed by atoms with Crippen LogP contribution in [-0.2, 0) is 0 Å². The van der Waals surface area contributed by atoms with Crippen LogP contribution in [0, 0.1) is 20.8 Å². The highest BCUT2D eigenvalue weighted by Gasteiger charge is 2.24. The minimum atomic E-state index is -0.549. The maximum Gasteiger partial charge on any atom is 0.268 e. The van der Waals surface area contributed by atoms with Crippen LogP contribution in [-0.4, -0.2) is 47.6 Å². The second kappa shape index (κ2) is 10.2. The standard InChI is InChI=1S/C19H19N5O.C6H7N3O/c1-12-3-6-18(20-10-12)14-7-15(19(25)23-16-4-5-16)9-17(8-14)24-13(2)21-11-22-24;1-4-2-9-5(3-8-4)6(7)10/h3,6-11,16H,4-5H2,1-2H3,(H,23,25);2-3H,1H3,(H2,7,10). The first-order valence-corrected chi connectivity index (χ1v) is 11.1. The minimum Gasteiger partial charge on any atom is -0.364 e. The largest absolute Gasteiger partial charge is 0.364 e. The number of primary amides is 1. The predicted octanol–water partition coefficient (Wildman–Crippen LogP) is 2.72. The van der Waals surface area contributed by atoms with Crippen molar-refractivity contribution in [1.29, 1.82) is 0 Å². The summed E-state index contributed by atoms with van der Waals surface area (Å²) in [5.74, 6) is 0.158. The van der Waals surface area contributed by atoms with Crippen molar-refractivity contribution in [2.45, 2.75) is 39.7 Å². The number of rotatable bonds is 5. The van der Waals surface area contributed by atoms with E-state index in [4.69, 9.17) is 5.73 Å². The zero-order valence-electron chi connectivity index (χ0n) is 19.8. The third-order valence-electron chi connectivity index (χ3n) is 5.30. The summed E-state index contributed by atoms with van der Waals surface area (Å²) in [6.07, 6.45) is 8.31. The van der Waals surface area contributed by atoms with Crippen molar-refractivity contribution in [3.63, 3.8) is 0 Å². The summed E-state index contributed by atoms with van der Waals surface area (Å²) in [5, 5.41) is 7.30. The molecule has 10 heteroatoms. The van der Waals surface area contributed by atoms with Crippen molar-refractivity contribution in [3.05, 3.63) is 83.6 Å². The molecule has 0 radical (unpaired) electrons. The van der Waals surface area contributed by atoms with E-state index in [-0.39, 0.29) is 11.6 Å². The molecule has 0 atom stereocenters. The van der Waals surface area contributed by atoms with Crippen molar-refractivity contribution in [2.24, 2.45) is 5.73 Å². The van der Waals surface area contributed by atoms with Gasteiger partial charge in [-0.15, -0.1) is 0 Å². The maximum absolute atomic E-state index is 12.6. The molecule has 3 aromatic heterocycles. The Balaban J connectivity index is 0.000000243. The lowest BCUT2D eigenvalue weighted by atomic mass is 10.0. The van der Waals surface area contributed by atoms with Gasteiger partial charge in [0.05, 0.1) is 23.3 Å². The second-order valence-corrected chi connectivity index (χ2v) is 8.36. The van der Waals surface area contributed by atoms with Gasteiger partial charge in [-0.2, -0.15) is 5.10 Å². The van der Waals surface area contributed by atoms with Gasteiger partial charge in [-0.05, 0) is 63.4 Å². The number of amides is 2. The molecule has 35 heavy (non-hydrogen) atoms. The number of hydrogen-bond acceptors (Lipinski definition) is 7. The Morgan fingerprint density at radius 3 is 2.34 bits per heavy atom. The Labute approximate surface area is 202 Å². The number of nitrogens with one attached hydrogen (secondary N) is 1. The molecule has 178 valence electrons. The van der Waals surface area contributed by atoms with E-state index in [1.807, 2.05) is 50.4 Å². The van der Waals surface area contributed by atoms with Crippen LogP contribution in [0.3, 0.4) is 0 Å². The van der Waals surface area contributed by atoms with Gasteiger partial charge in [0.1, 0.15) is 17.8 Å². The van der Waals surface area contributed by atoms with Gasteiger partial charge in [-0.25, -0.2) is 14.6 Å². The van der Waals surface area contributed by atoms with Crippen molar-refractivity contribution < 1.29 is 9.59 Å². The quantitative estimate of drug-likeness (QED) is 0.457. The fourth-order valence-corrected chi connectivity index (χ4v) is 3.22. The Kier molecular flexibility index (Phi) is 6.91. The molecule has 0 saturated heterocycles. The summed E-state index contributed by atoms with van der Waals surface area (Å²) in [5.41, 5.74) is 10.1.